The third-order valence-electron chi connectivity index (χ3n) is 4.11. The molecule has 2 aromatic rings. The standard InChI is InChI=1S/C18H14Br4O3/c19-11-1-9(2-12(20)5-11)17(15-7-23-15)25-18(16-8-24-16)10-3-13(21)6-14(22)4-10/h1-6,15-18H,7-8H2. The average Bonchev–Trinajstić information content (AvgIpc) is 3.40. The number of ether oxygens (including phenoxy) is 3. The Morgan fingerprint density at radius 3 is 1.28 bits per heavy atom. The molecule has 2 aliphatic heterocycles. The molecule has 2 aliphatic rings. The first-order valence-electron chi connectivity index (χ1n) is 7.80. The molecule has 132 valence electrons. The highest BCUT2D eigenvalue weighted by molar-refractivity contribution is 9.11. The minimum absolute atomic E-state index is 0.0815. The normalized spacial score (nSPS) is 24.0. The molecule has 0 N–H and O–H groups in total. The molecule has 2 aromatic carbocycles. The van der Waals surface area contributed by atoms with Gasteiger partial charge in [-0.2, -0.15) is 0 Å². The van der Waals surface area contributed by atoms with Gasteiger partial charge in [0.1, 0.15) is 24.4 Å². The van der Waals surface area contributed by atoms with E-state index in [0.717, 1.165) is 42.2 Å². The van der Waals surface area contributed by atoms with Crippen molar-refractivity contribution in [3.63, 3.8) is 0 Å². The maximum absolute atomic E-state index is 6.56. The smallest absolute Gasteiger partial charge is 0.112 e. The minimum atomic E-state index is -0.138. The van der Waals surface area contributed by atoms with Crippen molar-refractivity contribution in [1.29, 1.82) is 0 Å². The lowest BCUT2D eigenvalue weighted by molar-refractivity contribution is -0.0420. The van der Waals surface area contributed by atoms with Gasteiger partial charge in [-0.3, -0.25) is 0 Å². The third-order valence-corrected chi connectivity index (χ3v) is 5.94. The number of halogens is 4. The summed E-state index contributed by atoms with van der Waals surface area (Å²) in [6.07, 6.45) is -0.113. The first kappa shape index (κ1) is 18.6. The molecule has 7 heteroatoms. The predicted molar refractivity (Wildman–Crippen MR) is 110 cm³/mol. The van der Waals surface area contributed by atoms with Crippen LogP contribution in [0.15, 0.2) is 54.3 Å². The van der Waals surface area contributed by atoms with Crippen molar-refractivity contribution in [3.8, 4) is 0 Å². The molecule has 4 unspecified atom stereocenters. The molecule has 0 spiro atoms. The van der Waals surface area contributed by atoms with E-state index in [-0.39, 0.29) is 24.4 Å². The lowest BCUT2D eigenvalue weighted by Crippen LogP contribution is -2.19. The fraction of sp³-hybridized carbons (Fsp3) is 0.333. The molecular formula is C18H14Br4O3. The summed E-state index contributed by atoms with van der Waals surface area (Å²) in [5, 5.41) is 0. The van der Waals surface area contributed by atoms with E-state index in [2.05, 4.69) is 88.0 Å². The van der Waals surface area contributed by atoms with E-state index in [4.69, 9.17) is 14.2 Å². The molecule has 0 bridgehead atoms. The molecular weight excluding hydrogens is 584 g/mol. The van der Waals surface area contributed by atoms with Gasteiger partial charge in [-0.25, -0.2) is 0 Å². The second kappa shape index (κ2) is 7.70. The van der Waals surface area contributed by atoms with Crippen LogP contribution < -0.4 is 0 Å². The summed E-state index contributed by atoms with van der Waals surface area (Å²) in [4.78, 5) is 0. The molecule has 2 heterocycles. The fourth-order valence-corrected chi connectivity index (χ4v) is 5.52. The molecule has 0 amide bonds. The SMILES string of the molecule is Brc1cc(Br)cc(C(OC(c2cc(Br)cc(Br)c2)C2CO2)C2CO2)c1. The summed E-state index contributed by atoms with van der Waals surface area (Å²) in [6.45, 7) is 1.43. The molecule has 0 aromatic heterocycles. The van der Waals surface area contributed by atoms with Crippen LogP contribution >= 0.6 is 63.7 Å². The van der Waals surface area contributed by atoms with Crippen molar-refractivity contribution in [2.45, 2.75) is 24.4 Å². The molecule has 2 saturated heterocycles. The fourth-order valence-electron chi connectivity index (χ4n) is 2.86. The second-order valence-electron chi connectivity index (χ2n) is 6.13. The van der Waals surface area contributed by atoms with Gasteiger partial charge in [-0.15, -0.1) is 0 Å². The zero-order valence-electron chi connectivity index (χ0n) is 12.9. The van der Waals surface area contributed by atoms with Crippen LogP contribution in [0, 0.1) is 0 Å². The Bertz CT molecular complexity index is 684. The summed E-state index contributed by atoms with van der Waals surface area (Å²) in [5.41, 5.74) is 2.17. The second-order valence-corrected chi connectivity index (χ2v) is 9.79. The average molecular weight is 598 g/mol. The Balaban J connectivity index is 1.65. The van der Waals surface area contributed by atoms with Crippen LogP contribution in [-0.4, -0.2) is 25.4 Å². The highest BCUT2D eigenvalue weighted by atomic mass is 79.9. The van der Waals surface area contributed by atoms with Gasteiger partial charge in [-0.05, 0) is 47.5 Å². The molecule has 0 aliphatic carbocycles. The van der Waals surface area contributed by atoms with Gasteiger partial charge in [-0.1, -0.05) is 63.7 Å². The zero-order valence-corrected chi connectivity index (χ0v) is 19.3. The highest BCUT2D eigenvalue weighted by Gasteiger charge is 2.42. The number of benzene rings is 2. The van der Waals surface area contributed by atoms with Gasteiger partial charge in [0.05, 0.1) is 13.2 Å². The van der Waals surface area contributed by atoms with Crippen LogP contribution in [0.5, 0.6) is 0 Å². The van der Waals surface area contributed by atoms with Gasteiger partial charge in [0.15, 0.2) is 0 Å². The van der Waals surface area contributed by atoms with Crippen molar-refractivity contribution in [2.75, 3.05) is 13.2 Å². The van der Waals surface area contributed by atoms with Crippen molar-refractivity contribution >= 4 is 63.7 Å². The van der Waals surface area contributed by atoms with Crippen molar-refractivity contribution in [3.05, 3.63) is 65.4 Å². The van der Waals surface area contributed by atoms with Crippen LogP contribution in [0.2, 0.25) is 0 Å². The Hall–Kier alpha value is 0.240. The van der Waals surface area contributed by atoms with Crippen LogP contribution in [0.1, 0.15) is 23.3 Å². The molecule has 4 rings (SSSR count). The molecule has 0 saturated carbocycles. The van der Waals surface area contributed by atoms with Gasteiger partial charge in [0, 0.05) is 17.9 Å². The van der Waals surface area contributed by atoms with E-state index >= 15 is 0 Å². The molecule has 25 heavy (non-hydrogen) atoms. The quantitative estimate of drug-likeness (QED) is 0.365. The number of epoxide rings is 2. The maximum atomic E-state index is 6.56. The zero-order chi connectivity index (χ0) is 17.6. The van der Waals surface area contributed by atoms with E-state index in [0.29, 0.717) is 0 Å². The van der Waals surface area contributed by atoms with E-state index in [9.17, 15) is 0 Å². The van der Waals surface area contributed by atoms with Crippen LogP contribution in [0.4, 0.5) is 0 Å². The highest BCUT2D eigenvalue weighted by Crippen LogP contribution is 2.42. The van der Waals surface area contributed by atoms with Gasteiger partial charge in [0.2, 0.25) is 0 Å². The van der Waals surface area contributed by atoms with E-state index < -0.39 is 0 Å². The van der Waals surface area contributed by atoms with Crippen molar-refractivity contribution in [1.82, 2.24) is 0 Å². The monoisotopic (exact) mass is 594 g/mol. The topological polar surface area (TPSA) is 34.3 Å². The molecule has 4 atom stereocenters. The number of rotatable bonds is 6. The maximum Gasteiger partial charge on any atom is 0.112 e. The summed E-state index contributed by atoms with van der Waals surface area (Å²) >= 11 is 14.2. The predicted octanol–water partition coefficient (Wildman–Crippen LogP) is 6.33. The van der Waals surface area contributed by atoms with E-state index in [1.807, 2.05) is 12.1 Å². The first-order chi connectivity index (χ1) is 12.0. The minimum Gasteiger partial charge on any atom is -0.370 e. The van der Waals surface area contributed by atoms with E-state index in [1.165, 1.54) is 0 Å². The molecule has 2 fully saturated rings. The number of hydrogen-bond donors (Lipinski definition) is 0. The van der Waals surface area contributed by atoms with Crippen LogP contribution in [-0.2, 0) is 14.2 Å². The van der Waals surface area contributed by atoms with Gasteiger partial charge in [0.25, 0.3) is 0 Å². The number of hydrogen-bond acceptors (Lipinski definition) is 3. The Labute approximate surface area is 179 Å². The van der Waals surface area contributed by atoms with Crippen LogP contribution in [0.25, 0.3) is 0 Å². The summed E-state index contributed by atoms with van der Waals surface area (Å²) in [5.74, 6) is 0. The Morgan fingerprint density at radius 2 is 1.00 bits per heavy atom. The lowest BCUT2D eigenvalue weighted by atomic mass is 10.0. The lowest BCUT2D eigenvalue weighted by Gasteiger charge is -2.24. The first-order valence-corrected chi connectivity index (χ1v) is 11.0. The summed E-state index contributed by atoms with van der Waals surface area (Å²) in [6, 6.07) is 12.4. The molecule has 3 nitrogen and oxygen atoms in total. The third kappa shape index (κ3) is 4.75. The van der Waals surface area contributed by atoms with Crippen molar-refractivity contribution in [2.24, 2.45) is 0 Å². The van der Waals surface area contributed by atoms with Crippen molar-refractivity contribution < 1.29 is 14.2 Å². The summed E-state index contributed by atoms with van der Waals surface area (Å²) < 4.78 is 21.7. The Kier molecular flexibility index (Phi) is 5.73. The largest absolute Gasteiger partial charge is 0.370 e. The van der Waals surface area contributed by atoms with E-state index in [1.54, 1.807) is 0 Å². The molecule has 0 radical (unpaired) electrons. The summed E-state index contributed by atoms with van der Waals surface area (Å²) in [7, 11) is 0. The van der Waals surface area contributed by atoms with Crippen LogP contribution in [0.3, 0.4) is 0 Å². The van der Waals surface area contributed by atoms with Gasteiger partial charge < -0.3 is 14.2 Å². The van der Waals surface area contributed by atoms with Gasteiger partial charge >= 0.3 is 0 Å². The Morgan fingerprint density at radius 1 is 0.680 bits per heavy atom.